The zero-order chi connectivity index (χ0) is 13.8. The highest BCUT2D eigenvalue weighted by molar-refractivity contribution is 8.00. The molecule has 1 saturated heterocycles. The lowest BCUT2D eigenvalue weighted by Gasteiger charge is -2.19. The number of nitro groups is 1. The van der Waals surface area contributed by atoms with Crippen LogP contribution in [0.4, 0.5) is 5.69 Å². The molecule has 0 radical (unpaired) electrons. The molecule has 0 spiro atoms. The average molecular weight is 281 g/mol. The first-order chi connectivity index (χ1) is 9.13. The summed E-state index contributed by atoms with van der Waals surface area (Å²) in [6.45, 7) is 0. The van der Waals surface area contributed by atoms with Gasteiger partial charge in [-0.1, -0.05) is 6.42 Å². The van der Waals surface area contributed by atoms with Crippen LogP contribution < -0.4 is 4.74 Å². The molecule has 1 aromatic carbocycles. The highest BCUT2D eigenvalue weighted by Gasteiger charge is 2.25. The van der Waals surface area contributed by atoms with Crippen LogP contribution in [0.3, 0.4) is 0 Å². The van der Waals surface area contributed by atoms with E-state index in [0.717, 1.165) is 25.0 Å². The minimum atomic E-state index is -0.524. The number of nitro benzene ring substituents is 1. The second kappa shape index (κ2) is 6.06. The Bertz CT molecular complexity index is 497. The van der Waals surface area contributed by atoms with Gasteiger partial charge >= 0.3 is 5.69 Å². The van der Waals surface area contributed by atoms with E-state index >= 15 is 0 Å². The Labute approximate surface area is 115 Å². The lowest BCUT2D eigenvalue weighted by atomic mass is 10.0. The summed E-state index contributed by atoms with van der Waals surface area (Å²) >= 11 is 1.64. The molecule has 5 nitrogen and oxygen atoms in total. The highest BCUT2D eigenvalue weighted by Crippen LogP contribution is 2.32. The Balaban J connectivity index is 2.26. The monoisotopic (exact) mass is 281 g/mol. The summed E-state index contributed by atoms with van der Waals surface area (Å²) in [7, 11) is 1.38. The molecule has 2 rings (SSSR count). The molecule has 0 aromatic heterocycles. The summed E-state index contributed by atoms with van der Waals surface area (Å²) in [5.41, 5.74) is 0.237. The van der Waals surface area contributed by atoms with Crippen LogP contribution in [-0.2, 0) is 0 Å². The maximum atomic E-state index is 12.3. The molecule has 19 heavy (non-hydrogen) atoms. The fraction of sp³-hybridized carbons (Fsp3) is 0.462. The minimum absolute atomic E-state index is 0.0181. The summed E-state index contributed by atoms with van der Waals surface area (Å²) in [4.78, 5) is 22.7. The van der Waals surface area contributed by atoms with E-state index in [1.807, 2.05) is 0 Å². The fourth-order valence-corrected chi connectivity index (χ4v) is 3.40. The SMILES string of the molecule is COc1ccc(C(=O)C2CCCCS2)cc1[N+](=O)[O-]. The fourth-order valence-electron chi connectivity index (χ4n) is 2.12. The molecular weight excluding hydrogens is 266 g/mol. The van der Waals surface area contributed by atoms with Gasteiger partial charge in [-0.3, -0.25) is 14.9 Å². The molecule has 1 aliphatic heterocycles. The number of carbonyl (C=O) groups excluding carboxylic acids is 1. The minimum Gasteiger partial charge on any atom is -0.490 e. The smallest absolute Gasteiger partial charge is 0.311 e. The number of benzene rings is 1. The van der Waals surface area contributed by atoms with Gasteiger partial charge in [0.2, 0.25) is 0 Å². The van der Waals surface area contributed by atoms with Crippen molar-refractivity contribution in [3.05, 3.63) is 33.9 Å². The van der Waals surface area contributed by atoms with E-state index in [1.165, 1.54) is 19.2 Å². The van der Waals surface area contributed by atoms with E-state index < -0.39 is 4.92 Å². The molecule has 1 atom stereocenters. The third-order valence-electron chi connectivity index (χ3n) is 3.13. The number of carbonyl (C=O) groups is 1. The second-order valence-corrected chi connectivity index (χ2v) is 5.67. The molecular formula is C13H15NO4S. The van der Waals surface area contributed by atoms with Gasteiger partial charge in [-0.25, -0.2) is 0 Å². The van der Waals surface area contributed by atoms with Crippen molar-refractivity contribution in [1.82, 2.24) is 0 Å². The Morgan fingerprint density at radius 1 is 1.47 bits per heavy atom. The largest absolute Gasteiger partial charge is 0.490 e. The zero-order valence-corrected chi connectivity index (χ0v) is 11.4. The van der Waals surface area contributed by atoms with Crippen LogP contribution in [0.1, 0.15) is 29.6 Å². The van der Waals surface area contributed by atoms with Crippen molar-refractivity contribution in [3.63, 3.8) is 0 Å². The first-order valence-corrected chi connectivity index (χ1v) is 7.16. The van der Waals surface area contributed by atoms with Gasteiger partial charge in [0.1, 0.15) is 0 Å². The number of nitrogens with zero attached hydrogens (tertiary/aromatic N) is 1. The number of methoxy groups -OCH3 is 1. The molecule has 0 aliphatic carbocycles. The molecule has 1 unspecified atom stereocenters. The topological polar surface area (TPSA) is 69.4 Å². The summed E-state index contributed by atoms with van der Waals surface area (Å²) in [5, 5.41) is 10.9. The van der Waals surface area contributed by atoms with E-state index in [0.29, 0.717) is 5.56 Å². The van der Waals surface area contributed by atoms with Crippen molar-refractivity contribution >= 4 is 23.2 Å². The van der Waals surface area contributed by atoms with E-state index in [1.54, 1.807) is 17.8 Å². The molecule has 1 heterocycles. The van der Waals surface area contributed by atoms with Crippen LogP contribution in [0.15, 0.2) is 18.2 Å². The van der Waals surface area contributed by atoms with Gasteiger partial charge in [0.15, 0.2) is 11.5 Å². The van der Waals surface area contributed by atoms with Crippen LogP contribution in [0.5, 0.6) is 5.75 Å². The predicted octanol–water partition coefficient (Wildman–Crippen LogP) is 3.07. The molecule has 0 amide bonds. The summed E-state index contributed by atoms with van der Waals surface area (Å²) in [6.07, 6.45) is 3.03. The van der Waals surface area contributed by atoms with E-state index in [4.69, 9.17) is 4.74 Å². The van der Waals surface area contributed by atoms with Gasteiger partial charge in [-0.2, -0.15) is 11.8 Å². The van der Waals surface area contributed by atoms with E-state index in [-0.39, 0.29) is 22.5 Å². The lowest BCUT2D eigenvalue weighted by Crippen LogP contribution is -2.21. The lowest BCUT2D eigenvalue weighted by molar-refractivity contribution is -0.385. The number of ether oxygens (including phenoxy) is 1. The van der Waals surface area contributed by atoms with Crippen molar-refractivity contribution in [2.75, 3.05) is 12.9 Å². The van der Waals surface area contributed by atoms with Crippen LogP contribution >= 0.6 is 11.8 Å². The third-order valence-corrected chi connectivity index (χ3v) is 4.51. The number of Topliss-reactive ketones (excluding diaryl/α,β-unsaturated/α-hetero) is 1. The molecule has 0 N–H and O–H groups in total. The number of thioether (sulfide) groups is 1. The van der Waals surface area contributed by atoms with Crippen LogP contribution in [0, 0.1) is 10.1 Å². The quantitative estimate of drug-likeness (QED) is 0.482. The molecule has 0 saturated carbocycles. The first-order valence-electron chi connectivity index (χ1n) is 6.11. The van der Waals surface area contributed by atoms with Crippen molar-refractivity contribution in [2.45, 2.75) is 24.5 Å². The Kier molecular flexibility index (Phi) is 4.42. The van der Waals surface area contributed by atoms with Crippen molar-refractivity contribution in [2.24, 2.45) is 0 Å². The summed E-state index contributed by atoms with van der Waals surface area (Å²) in [5.74, 6) is 1.14. The summed E-state index contributed by atoms with van der Waals surface area (Å²) in [6, 6.07) is 4.40. The Hall–Kier alpha value is -1.56. The predicted molar refractivity (Wildman–Crippen MR) is 74.1 cm³/mol. The number of rotatable bonds is 4. The molecule has 1 fully saturated rings. The number of ketones is 1. The van der Waals surface area contributed by atoms with Gasteiger partial charge in [0.05, 0.1) is 17.3 Å². The Morgan fingerprint density at radius 3 is 2.84 bits per heavy atom. The molecule has 0 bridgehead atoms. The van der Waals surface area contributed by atoms with Crippen LogP contribution in [0.2, 0.25) is 0 Å². The van der Waals surface area contributed by atoms with Crippen LogP contribution in [-0.4, -0.2) is 28.8 Å². The molecule has 6 heteroatoms. The highest BCUT2D eigenvalue weighted by atomic mass is 32.2. The zero-order valence-electron chi connectivity index (χ0n) is 10.6. The second-order valence-electron chi connectivity index (χ2n) is 4.36. The van der Waals surface area contributed by atoms with Crippen LogP contribution in [0.25, 0.3) is 0 Å². The van der Waals surface area contributed by atoms with Gasteiger partial charge in [0, 0.05) is 11.6 Å². The Morgan fingerprint density at radius 2 is 2.26 bits per heavy atom. The maximum absolute atomic E-state index is 12.3. The number of hydrogen-bond acceptors (Lipinski definition) is 5. The molecule has 1 aromatic rings. The summed E-state index contributed by atoms with van der Waals surface area (Å²) < 4.78 is 4.93. The first kappa shape index (κ1) is 13.9. The van der Waals surface area contributed by atoms with Crippen molar-refractivity contribution in [3.8, 4) is 5.75 Å². The van der Waals surface area contributed by atoms with Gasteiger partial charge in [-0.05, 0) is 30.7 Å². The average Bonchev–Trinajstić information content (AvgIpc) is 2.46. The maximum Gasteiger partial charge on any atom is 0.311 e. The van der Waals surface area contributed by atoms with Gasteiger partial charge in [0.25, 0.3) is 0 Å². The molecule has 1 aliphatic rings. The van der Waals surface area contributed by atoms with Crippen molar-refractivity contribution in [1.29, 1.82) is 0 Å². The third kappa shape index (κ3) is 3.07. The van der Waals surface area contributed by atoms with E-state index in [2.05, 4.69) is 0 Å². The van der Waals surface area contributed by atoms with Gasteiger partial charge < -0.3 is 4.74 Å². The molecule has 102 valence electrons. The normalized spacial score (nSPS) is 18.9. The van der Waals surface area contributed by atoms with Crippen molar-refractivity contribution < 1.29 is 14.5 Å². The standard InChI is InChI=1S/C13H15NO4S/c1-18-11-6-5-9(8-10(11)14(16)17)13(15)12-4-2-3-7-19-12/h5-6,8,12H,2-4,7H2,1H3. The number of hydrogen-bond donors (Lipinski definition) is 0. The van der Waals surface area contributed by atoms with E-state index in [9.17, 15) is 14.9 Å². The van der Waals surface area contributed by atoms with Gasteiger partial charge in [-0.15, -0.1) is 0 Å².